The van der Waals surface area contributed by atoms with E-state index in [2.05, 4.69) is 26.1 Å². The molecule has 0 unspecified atom stereocenters. The summed E-state index contributed by atoms with van der Waals surface area (Å²) in [7, 11) is 1.45. The van der Waals surface area contributed by atoms with Gasteiger partial charge in [-0.2, -0.15) is 0 Å². The molecule has 222 valence electrons. The number of hydrogen-bond donors (Lipinski definition) is 1. The number of carbonyl (C=O) groups is 1. The van der Waals surface area contributed by atoms with E-state index in [0.717, 1.165) is 4.31 Å². The predicted octanol–water partition coefficient (Wildman–Crippen LogP) is 4.41. The van der Waals surface area contributed by atoms with Crippen LogP contribution in [0.3, 0.4) is 0 Å². The number of benzene rings is 3. The minimum absolute atomic E-state index is 0.0289. The third kappa shape index (κ3) is 7.75. The fraction of sp³-hybridized carbons (Fsp3) is 0.367. The van der Waals surface area contributed by atoms with Crippen molar-refractivity contribution in [1.29, 1.82) is 0 Å². The molecule has 11 heteroatoms. The summed E-state index contributed by atoms with van der Waals surface area (Å²) in [5.41, 5.74) is 1.34. The maximum Gasteiger partial charge on any atom is 0.265 e. The predicted molar refractivity (Wildman–Crippen MR) is 157 cm³/mol. The molecule has 3 rings (SSSR count). The lowest BCUT2D eigenvalue weighted by Crippen LogP contribution is -2.42. The van der Waals surface area contributed by atoms with Crippen molar-refractivity contribution in [3.8, 4) is 28.7 Å². The number of anilines is 1. The molecular weight excluding hydrogens is 548 g/mol. The number of carbonyl (C=O) groups excluding carboxylic acids is 1. The minimum atomic E-state index is -4.28. The fourth-order valence-corrected chi connectivity index (χ4v) is 5.43. The number of sulfonamides is 1. The highest BCUT2D eigenvalue weighted by molar-refractivity contribution is 7.92. The van der Waals surface area contributed by atoms with E-state index in [0.29, 0.717) is 17.2 Å². The molecule has 0 aliphatic carbocycles. The number of methoxy groups -OCH3 is 4. The molecule has 0 atom stereocenters. The molecule has 1 amide bonds. The Morgan fingerprint density at radius 2 is 1.39 bits per heavy atom. The van der Waals surface area contributed by atoms with Crippen LogP contribution in [0.25, 0.3) is 0 Å². The van der Waals surface area contributed by atoms with Gasteiger partial charge in [-0.15, -0.1) is 0 Å². The first-order valence-corrected chi connectivity index (χ1v) is 14.4. The van der Waals surface area contributed by atoms with Gasteiger partial charge in [0.15, 0.2) is 11.5 Å². The average Bonchev–Trinajstić information content (AvgIpc) is 2.97. The van der Waals surface area contributed by atoms with E-state index in [-0.39, 0.29) is 40.6 Å². The first kappa shape index (κ1) is 31.4. The van der Waals surface area contributed by atoms with Crippen LogP contribution in [-0.2, 0) is 20.2 Å². The van der Waals surface area contributed by atoms with Gasteiger partial charge in [-0.1, -0.05) is 32.9 Å². The molecule has 0 radical (unpaired) electrons. The maximum absolute atomic E-state index is 13.9. The molecule has 1 N–H and O–H groups in total. The Balaban J connectivity index is 1.82. The number of rotatable bonds is 13. The van der Waals surface area contributed by atoms with Gasteiger partial charge < -0.3 is 29.0 Å². The third-order valence-electron chi connectivity index (χ3n) is 6.30. The molecular formula is C30H38N2O8S. The number of amides is 1. The second-order valence-corrected chi connectivity index (χ2v) is 11.9. The molecule has 0 heterocycles. The van der Waals surface area contributed by atoms with Crippen molar-refractivity contribution in [3.05, 3.63) is 66.2 Å². The van der Waals surface area contributed by atoms with Crippen LogP contribution in [0.4, 0.5) is 5.69 Å². The van der Waals surface area contributed by atoms with Crippen LogP contribution in [0.2, 0.25) is 0 Å². The van der Waals surface area contributed by atoms with E-state index in [4.69, 9.17) is 23.7 Å². The SMILES string of the molecule is COc1ccc(OC)c(N(CC(=O)NCCOc2ccc(C(C)(C)C)cc2)S(=O)(=O)c2ccc(OC)c(OC)c2)c1. The van der Waals surface area contributed by atoms with Crippen LogP contribution in [0.1, 0.15) is 26.3 Å². The zero-order chi connectivity index (χ0) is 30.2. The summed E-state index contributed by atoms with van der Waals surface area (Å²) in [6, 6.07) is 16.7. The van der Waals surface area contributed by atoms with Crippen molar-refractivity contribution < 1.29 is 36.9 Å². The van der Waals surface area contributed by atoms with Gasteiger partial charge in [-0.25, -0.2) is 8.42 Å². The van der Waals surface area contributed by atoms with Gasteiger partial charge in [0.05, 0.1) is 45.6 Å². The van der Waals surface area contributed by atoms with E-state index < -0.39 is 22.5 Å². The quantitative estimate of drug-likeness (QED) is 0.293. The van der Waals surface area contributed by atoms with Gasteiger partial charge in [0.1, 0.15) is 30.4 Å². The average molecular weight is 587 g/mol. The monoisotopic (exact) mass is 586 g/mol. The number of nitrogens with one attached hydrogen (secondary N) is 1. The molecule has 0 fully saturated rings. The topological polar surface area (TPSA) is 113 Å². The zero-order valence-electron chi connectivity index (χ0n) is 24.5. The lowest BCUT2D eigenvalue weighted by Gasteiger charge is -2.26. The third-order valence-corrected chi connectivity index (χ3v) is 8.05. The highest BCUT2D eigenvalue weighted by Gasteiger charge is 2.31. The zero-order valence-corrected chi connectivity index (χ0v) is 25.3. The van der Waals surface area contributed by atoms with Crippen LogP contribution in [0.15, 0.2) is 65.6 Å². The van der Waals surface area contributed by atoms with Crippen LogP contribution >= 0.6 is 0 Å². The normalized spacial score (nSPS) is 11.4. The molecule has 41 heavy (non-hydrogen) atoms. The smallest absolute Gasteiger partial charge is 0.265 e. The second-order valence-electron chi connectivity index (χ2n) is 10.0. The number of nitrogens with zero attached hydrogens (tertiary/aromatic N) is 1. The van der Waals surface area contributed by atoms with E-state index in [9.17, 15) is 13.2 Å². The number of hydrogen-bond acceptors (Lipinski definition) is 8. The molecule has 0 bridgehead atoms. The van der Waals surface area contributed by atoms with Crippen molar-refractivity contribution in [3.63, 3.8) is 0 Å². The molecule has 0 saturated carbocycles. The van der Waals surface area contributed by atoms with Crippen LogP contribution in [0.5, 0.6) is 28.7 Å². The summed E-state index contributed by atoms with van der Waals surface area (Å²) >= 11 is 0. The Morgan fingerprint density at radius 1 is 0.780 bits per heavy atom. The van der Waals surface area contributed by atoms with Crippen molar-refractivity contribution in [2.24, 2.45) is 0 Å². The van der Waals surface area contributed by atoms with Gasteiger partial charge >= 0.3 is 0 Å². The van der Waals surface area contributed by atoms with Crippen molar-refractivity contribution in [2.75, 3.05) is 52.4 Å². The summed E-state index contributed by atoms with van der Waals surface area (Å²) in [6.45, 7) is 6.24. The molecule has 0 spiro atoms. The Kier molecular flexibility index (Phi) is 10.3. The molecule has 0 aromatic heterocycles. The van der Waals surface area contributed by atoms with E-state index in [1.54, 1.807) is 12.1 Å². The van der Waals surface area contributed by atoms with Crippen LogP contribution in [0, 0.1) is 0 Å². The summed E-state index contributed by atoms with van der Waals surface area (Å²) < 4.78 is 55.9. The minimum Gasteiger partial charge on any atom is -0.497 e. The van der Waals surface area contributed by atoms with Gasteiger partial charge in [0.25, 0.3) is 10.0 Å². The Labute approximate surface area is 242 Å². The lowest BCUT2D eigenvalue weighted by atomic mass is 9.87. The highest BCUT2D eigenvalue weighted by Crippen LogP contribution is 2.37. The summed E-state index contributed by atoms with van der Waals surface area (Å²) in [4.78, 5) is 13.0. The fourth-order valence-electron chi connectivity index (χ4n) is 3.99. The van der Waals surface area contributed by atoms with Gasteiger partial charge in [0, 0.05) is 12.1 Å². The molecule has 3 aromatic carbocycles. The molecule has 0 aliphatic heterocycles. The van der Waals surface area contributed by atoms with Crippen molar-refractivity contribution in [2.45, 2.75) is 31.1 Å². The first-order valence-electron chi connectivity index (χ1n) is 12.9. The second kappa shape index (κ2) is 13.5. The first-order chi connectivity index (χ1) is 19.4. The summed E-state index contributed by atoms with van der Waals surface area (Å²) in [5.74, 6) is 1.35. The summed E-state index contributed by atoms with van der Waals surface area (Å²) in [5, 5.41) is 2.73. The maximum atomic E-state index is 13.9. The Hall–Kier alpha value is -4.12. The van der Waals surface area contributed by atoms with Crippen molar-refractivity contribution >= 4 is 21.6 Å². The molecule has 0 aliphatic rings. The van der Waals surface area contributed by atoms with Crippen LogP contribution in [-0.4, -0.2) is 62.5 Å². The Morgan fingerprint density at radius 3 is 1.98 bits per heavy atom. The van der Waals surface area contributed by atoms with Gasteiger partial charge in [-0.3, -0.25) is 9.10 Å². The molecule has 3 aromatic rings. The highest BCUT2D eigenvalue weighted by atomic mass is 32.2. The molecule has 10 nitrogen and oxygen atoms in total. The Bertz CT molecular complexity index is 1430. The number of ether oxygens (including phenoxy) is 5. The lowest BCUT2D eigenvalue weighted by molar-refractivity contribution is -0.119. The van der Waals surface area contributed by atoms with E-state index >= 15 is 0 Å². The van der Waals surface area contributed by atoms with E-state index in [1.165, 1.54) is 58.3 Å². The van der Waals surface area contributed by atoms with E-state index in [1.807, 2.05) is 24.3 Å². The van der Waals surface area contributed by atoms with Crippen molar-refractivity contribution in [1.82, 2.24) is 5.32 Å². The van der Waals surface area contributed by atoms with Gasteiger partial charge in [0.2, 0.25) is 5.91 Å². The van der Waals surface area contributed by atoms with Crippen LogP contribution < -0.4 is 33.3 Å². The largest absolute Gasteiger partial charge is 0.497 e. The van der Waals surface area contributed by atoms with Gasteiger partial charge in [-0.05, 0) is 47.4 Å². The summed E-state index contributed by atoms with van der Waals surface area (Å²) in [6.07, 6.45) is 0. The molecule has 0 saturated heterocycles. The standard InChI is InChI=1S/C30H38N2O8S/c1-30(2,3)21-8-10-22(11-9-21)40-17-16-31-29(33)20-32(25-18-23(36-4)12-14-26(25)37-5)41(34,35)24-13-15-27(38-6)28(19-24)39-7/h8-15,18-19H,16-17,20H2,1-7H3,(H,31,33).